The molecule has 0 aromatic carbocycles. The number of rotatable bonds is 4. The summed E-state index contributed by atoms with van der Waals surface area (Å²) in [5, 5.41) is 3.97. The Morgan fingerprint density at radius 3 is 2.83 bits per heavy atom. The van der Waals surface area contributed by atoms with Crippen molar-refractivity contribution in [3.8, 4) is 0 Å². The predicted octanol–water partition coefficient (Wildman–Crippen LogP) is 4.18. The summed E-state index contributed by atoms with van der Waals surface area (Å²) in [5.74, 6) is -0.123. The molecule has 0 amide bonds. The van der Waals surface area contributed by atoms with Gasteiger partial charge in [-0.3, -0.25) is 0 Å². The third-order valence-electron chi connectivity index (χ3n) is 2.45. The molecule has 0 bridgehead atoms. The third kappa shape index (κ3) is 3.05. The zero-order valence-electron chi connectivity index (χ0n) is 10.1. The number of hydrogen-bond donors (Lipinski definition) is 1. The van der Waals surface area contributed by atoms with Crippen molar-refractivity contribution in [1.82, 2.24) is 9.97 Å². The number of aryl methyl sites for hydroxylation is 1. The molecule has 6 heteroatoms. The fourth-order valence-electron chi connectivity index (χ4n) is 1.47. The maximum atomic E-state index is 13.6. The van der Waals surface area contributed by atoms with E-state index in [1.54, 1.807) is 17.5 Å². The van der Waals surface area contributed by atoms with E-state index in [1.807, 2.05) is 13.1 Å². The van der Waals surface area contributed by atoms with Crippen LogP contribution in [0.4, 0.5) is 10.2 Å². The van der Waals surface area contributed by atoms with E-state index < -0.39 is 0 Å². The molecule has 0 aliphatic rings. The summed E-state index contributed by atoms with van der Waals surface area (Å²) in [6.45, 7) is 4.03. The maximum absolute atomic E-state index is 13.6. The Morgan fingerprint density at radius 1 is 1.44 bits per heavy atom. The summed E-state index contributed by atoms with van der Waals surface area (Å²) in [6, 6.07) is 1.33. The second-order valence-corrected chi connectivity index (χ2v) is 5.93. The molecule has 0 saturated heterocycles. The number of nitrogens with one attached hydrogen (secondary N) is 1. The van der Waals surface area contributed by atoms with Crippen LogP contribution in [-0.4, -0.2) is 9.97 Å². The zero-order valence-corrected chi connectivity index (χ0v) is 12.5. The molecule has 0 aliphatic carbocycles. The Kier molecular flexibility index (Phi) is 4.29. The van der Waals surface area contributed by atoms with E-state index in [-0.39, 0.29) is 17.7 Å². The SMILES string of the molecule is CCc1cnc(C(C)Nc2ncc(Br)cc2F)s1. The lowest BCUT2D eigenvalue weighted by atomic mass is 10.3. The number of nitrogens with zero attached hydrogens (tertiary/aromatic N) is 2. The average molecular weight is 330 g/mol. The van der Waals surface area contributed by atoms with Crippen LogP contribution in [0.25, 0.3) is 0 Å². The van der Waals surface area contributed by atoms with Gasteiger partial charge in [0.05, 0.1) is 6.04 Å². The van der Waals surface area contributed by atoms with Gasteiger partial charge in [0.25, 0.3) is 0 Å². The number of aromatic nitrogens is 2. The fourth-order valence-corrected chi connectivity index (χ4v) is 2.64. The molecular formula is C12H13BrFN3S. The van der Waals surface area contributed by atoms with Gasteiger partial charge in [-0.05, 0) is 35.3 Å². The zero-order chi connectivity index (χ0) is 13.1. The Labute approximate surface area is 118 Å². The molecule has 96 valence electrons. The second-order valence-electron chi connectivity index (χ2n) is 3.87. The quantitative estimate of drug-likeness (QED) is 0.914. The highest BCUT2D eigenvalue weighted by Gasteiger charge is 2.13. The molecule has 2 rings (SSSR count). The first-order chi connectivity index (χ1) is 8.60. The van der Waals surface area contributed by atoms with E-state index in [1.165, 1.54) is 10.9 Å². The smallest absolute Gasteiger partial charge is 0.166 e. The Morgan fingerprint density at radius 2 is 2.22 bits per heavy atom. The first kappa shape index (κ1) is 13.4. The van der Waals surface area contributed by atoms with Crippen molar-refractivity contribution >= 4 is 33.1 Å². The molecule has 2 heterocycles. The minimum absolute atomic E-state index is 0.0570. The van der Waals surface area contributed by atoms with Gasteiger partial charge in [0.15, 0.2) is 11.6 Å². The van der Waals surface area contributed by atoms with Crippen LogP contribution in [0.2, 0.25) is 0 Å². The fraction of sp³-hybridized carbons (Fsp3) is 0.333. The van der Waals surface area contributed by atoms with Crippen LogP contribution < -0.4 is 5.32 Å². The molecule has 18 heavy (non-hydrogen) atoms. The Bertz CT molecular complexity index is 544. The summed E-state index contributed by atoms with van der Waals surface area (Å²) >= 11 is 4.82. The molecular weight excluding hydrogens is 317 g/mol. The topological polar surface area (TPSA) is 37.8 Å². The lowest BCUT2D eigenvalue weighted by Crippen LogP contribution is -2.09. The van der Waals surface area contributed by atoms with Gasteiger partial charge in [-0.2, -0.15) is 0 Å². The number of thiazole rings is 1. The molecule has 1 N–H and O–H groups in total. The Balaban J connectivity index is 2.13. The molecule has 2 aromatic rings. The van der Waals surface area contributed by atoms with Gasteiger partial charge >= 0.3 is 0 Å². The van der Waals surface area contributed by atoms with Crippen LogP contribution in [0.15, 0.2) is 22.9 Å². The molecule has 1 unspecified atom stereocenters. The average Bonchev–Trinajstić information content (AvgIpc) is 2.81. The van der Waals surface area contributed by atoms with E-state index in [4.69, 9.17) is 0 Å². The minimum atomic E-state index is -0.372. The van der Waals surface area contributed by atoms with Crippen molar-refractivity contribution in [2.75, 3.05) is 5.32 Å². The third-order valence-corrected chi connectivity index (χ3v) is 4.21. The standard InChI is InChI=1S/C12H13BrFN3S/c1-3-9-6-16-12(18-9)7(2)17-11-10(14)4-8(13)5-15-11/h4-7H,3H2,1-2H3,(H,15,17). The summed E-state index contributed by atoms with van der Waals surface area (Å²) in [5.41, 5.74) is 0. The van der Waals surface area contributed by atoms with Crippen LogP contribution in [0.1, 0.15) is 29.8 Å². The van der Waals surface area contributed by atoms with E-state index >= 15 is 0 Å². The normalized spacial score (nSPS) is 12.4. The van der Waals surface area contributed by atoms with Crippen LogP contribution in [0.5, 0.6) is 0 Å². The summed E-state index contributed by atoms with van der Waals surface area (Å²) < 4.78 is 14.3. The number of halogens is 2. The molecule has 0 aliphatic heterocycles. The molecule has 0 radical (unpaired) electrons. The molecule has 2 aromatic heterocycles. The number of pyridine rings is 1. The number of anilines is 1. The largest absolute Gasteiger partial charge is 0.359 e. The van der Waals surface area contributed by atoms with Gasteiger partial charge in [-0.15, -0.1) is 11.3 Å². The van der Waals surface area contributed by atoms with Crippen molar-refractivity contribution in [2.24, 2.45) is 0 Å². The van der Waals surface area contributed by atoms with E-state index in [9.17, 15) is 4.39 Å². The van der Waals surface area contributed by atoms with Gasteiger partial charge in [0, 0.05) is 21.7 Å². The lowest BCUT2D eigenvalue weighted by molar-refractivity contribution is 0.620. The summed E-state index contributed by atoms with van der Waals surface area (Å²) in [7, 11) is 0. The van der Waals surface area contributed by atoms with Crippen molar-refractivity contribution in [3.63, 3.8) is 0 Å². The van der Waals surface area contributed by atoms with Crippen LogP contribution >= 0.6 is 27.3 Å². The van der Waals surface area contributed by atoms with Crippen molar-refractivity contribution in [2.45, 2.75) is 26.3 Å². The van der Waals surface area contributed by atoms with Crippen LogP contribution in [0.3, 0.4) is 0 Å². The first-order valence-electron chi connectivity index (χ1n) is 5.62. The summed E-state index contributed by atoms with van der Waals surface area (Å²) in [4.78, 5) is 9.57. The lowest BCUT2D eigenvalue weighted by Gasteiger charge is -2.12. The van der Waals surface area contributed by atoms with Gasteiger partial charge in [-0.1, -0.05) is 6.92 Å². The Hall–Kier alpha value is -1.01. The predicted molar refractivity (Wildman–Crippen MR) is 75.4 cm³/mol. The molecule has 3 nitrogen and oxygen atoms in total. The maximum Gasteiger partial charge on any atom is 0.166 e. The summed E-state index contributed by atoms with van der Waals surface area (Å²) in [6.07, 6.45) is 4.40. The van der Waals surface area contributed by atoms with Crippen LogP contribution in [0, 0.1) is 5.82 Å². The van der Waals surface area contributed by atoms with Gasteiger partial charge in [-0.25, -0.2) is 14.4 Å². The van der Waals surface area contributed by atoms with E-state index in [2.05, 4.69) is 38.1 Å². The molecule has 0 fully saturated rings. The highest BCUT2D eigenvalue weighted by atomic mass is 79.9. The molecule has 0 saturated carbocycles. The van der Waals surface area contributed by atoms with Gasteiger partial charge in [0.2, 0.25) is 0 Å². The van der Waals surface area contributed by atoms with E-state index in [0.29, 0.717) is 4.47 Å². The van der Waals surface area contributed by atoms with Gasteiger partial charge < -0.3 is 5.32 Å². The van der Waals surface area contributed by atoms with E-state index in [0.717, 1.165) is 11.4 Å². The second kappa shape index (κ2) is 5.75. The van der Waals surface area contributed by atoms with Crippen molar-refractivity contribution in [1.29, 1.82) is 0 Å². The minimum Gasteiger partial charge on any atom is -0.359 e. The van der Waals surface area contributed by atoms with Gasteiger partial charge in [0.1, 0.15) is 5.01 Å². The molecule has 1 atom stereocenters. The first-order valence-corrected chi connectivity index (χ1v) is 7.23. The number of hydrogen-bond acceptors (Lipinski definition) is 4. The molecule has 0 spiro atoms. The van der Waals surface area contributed by atoms with Crippen molar-refractivity contribution < 1.29 is 4.39 Å². The highest BCUT2D eigenvalue weighted by Crippen LogP contribution is 2.25. The van der Waals surface area contributed by atoms with Crippen molar-refractivity contribution in [3.05, 3.63) is 38.6 Å². The monoisotopic (exact) mass is 329 g/mol. The highest BCUT2D eigenvalue weighted by molar-refractivity contribution is 9.10. The van der Waals surface area contributed by atoms with Crippen LogP contribution in [-0.2, 0) is 6.42 Å².